The van der Waals surface area contributed by atoms with Crippen molar-refractivity contribution in [2.75, 3.05) is 12.3 Å². The molecule has 1 aliphatic rings. The first kappa shape index (κ1) is 21.4. The zero-order valence-corrected chi connectivity index (χ0v) is 19.7. The molecule has 0 spiro atoms. The van der Waals surface area contributed by atoms with Gasteiger partial charge in [0.05, 0.1) is 6.20 Å². The summed E-state index contributed by atoms with van der Waals surface area (Å²) in [7, 11) is 0. The Kier molecular flexibility index (Phi) is 5.42. The third-order valence-corrected chi connectivity index (χ3v) is 7.27. The molecule has 0 radical (unpaired) electrons. The minimum atomic E-state index is -0.273. The Hall–Kier alpha value is -4.17. The molecule has 0 bridgehead atoms. The van der Waals surface area contributed by atoms with E-state index in [0.29, 0.717) is 5.82 Å². The highest BCUT2D eigenvalue weighted by atomic mass is 32.1. The molecule has 2 aromatic carbocycles. The summed E-state index contributed by atoms with van der Waals surface area (Å²) in [6, 6.07) is 17.4. The normalized spacial score (nSPS) is 15.8. The van der Waals surface area contributed by atoms with Crippen LogP contribution in [-0.2, 0) is 4.79 Å². The van der Waals surface area contributed by atoms with Crippen molar-refractivity contribution in [3.05, 3.63) is 78.6 Å². The van der Waals surface area contributed by atoms with Crippen LogP contribution in [0.15, 0.2) is 78.6 Å². The minimum Gasteiger partial charge on any atom is -0.457 e. The number of nitrogen functional groups attached to an aromatic ring is 1. The van der Waals surface area contributed by atoms with Crippen LogP contribution < -0.4 is 15.8 Å². The molecular formula is C27H23N5O2S. The fraction of sp³-hybridized carbons (Fsp3) is 0.148. The van der Waals surface area contributed by atoms with Gasteiger partial charge in [0, 0.05) is 45.7 Å². The molecule has 4 heterocycles. The zero-order valence-electron chi connectivity index (χ0n) is 18.8. The summed E-state index contributed by atoms with van der Waals surface area (Å²) in [4.78, 5) is 16.8. The van der Waals surface area contributed by atoms with Crippen LogP contribution in [-0.4, -0.2) is 27.2 Å². The molecule has 0 saturated carbocycles. The maximum Gasteiger partial charge on any atom is 0.244 e. The van der Waals surface area contributed by atoms with Crippen LogP contribution >= 0.6 is 11.3 Å². The van der Waals surface area contributed by atoms with E-state index in [2.05, 4.69) is 20.8 Å². The molecule has 6 rings (SSSR count). The molecule has 1 aliphatic heterocycles. The number of ether oxygens (including phenoxy) is 1. The number of rotatable bonds is 5. The predicted molar refractivity (Wildman–Crippen MR) is 138 cm³/mol. The van der Waals surface area contributed by atoms with Crippen molar-refractivity contribution >= 4 is 33.1 Å². The topological polar surface area (TPSA) is 95.1 Å². The average molecular weight is 482 g/mol. The Morgan fingerprint density at radius 3 is 2.60 bits per heavy atom. The summed E-state index contributed by atoms with van der Waals surface area (Å²) >= 11 is 1.63. The molecule has 5 aromatic rings. The third kappa shape index (κ3) is 4.02. The van der Waals surface area contributed by atoms with Gasteiger partial charge in [0.15, 0.2) is 0 Å². The number of nitrogens with one attached hydrogen (secondary N) is 1. The summed E-state index contributed by atoms with van der Waals surface area (Å²) < 4.78 is 8.73. The standard InChI is InChI=1S/C27H23N5O2S/c28-26-24-22(17-8-10-20(11-9-17)34-19-5-2-1-3-6-19)16-35-25(24)21(14-30-26)18-13-31-32(15-18)23-7-4-12-29-27(23)33/h1-3,5-6,8-11,13-16,23H,4,7,12H2,(H2,28,30)(H,29,33). The van der Waals surface area contributed by atoms with Crippen LogP contribution in [0.2, 0.25) is 0 Å². The SMILES string of the molecule is Nc1ncc(-c2cnn(C3CCCNC3=O)c2)c2scc(-c3ccc(Oc4ccccc4)cc3)c12. The number of aromatic nitrogens is 3. The Balaban J connectivity index is 1.33. The molecule has 1 saturated heterocycles. The first-order chi connectivity index (χ1) is 17.2. The van der Waals surface area contributed by atoms with E-state index in [-0.39, 0.29) is 11.9 Å². The molecule has 1 unspecified atom stereocenters. The Morgan fingerprint density at radius 2 is 1.80 bits per heavy atom. The maximum atomic E-state index is 12.3. The number of carbonyl (C=O) groups excluding carboxylic acids is 1. The Bertz CT molecular complexity index is 1510. The highest BCUT2D eigenvalue weighted by Gasteiger charge is 2.25. The number of para-hydroxylation sites is 1. The van der Waals surface area contributed by atoms with Gasteiger partial charge in [0.2, 0.25) is 5.91 Å². The Morgan fingerprint density at radius 1 is 1.00 bits per heavy atom. The number of amides is 1. The lowest BCUT2D eigenvalue weighted by Crippen LogP contribution is -2.38. The second-order valence-corrected chi connectivity index (χ2v) is 9.39. The van der Waals surface area contributed by atoms with Crippen molar-refractivity contribution in [3.8, 4) is 33.8 Å². The van der Waals surface area contributed by atoms with E-state index in [1.807, 2.05) is 60.8 Å². The summed E-state index contributed by atoms with van der Waals surface area (Å²) in [6.07, 6.45) is 7.25. The molecule has 35 heavy (non-hydrogen) atoms. The van der Waals surface area contributed by atoms with Crippen molar-refractivity contribution in [3.63, 3.8) is 0 Å². The number of fused-ring (bicyclic) bond motifs is 1. The first-order valence-corrected chi connectivity index (χ1v) is 12.4. The van der Waals surface area contributed by atoms with Gasteiger partial charge in [-0.2, -0.15) is 5.10 Å². The molecule has 3 N–H and O–H groups in total. The van der Waals surface area contributed by atoms with E-state index in [0.717, 1.165) is 63.2 Å². The van der Waals surface area contributed by atoms with Crippen LogP contribution in [0.5, 0.6) is 11.5 Å². The molecule has 8 heteroatoms. The molecular weight excluding hydrogens is 458 g/mol. The lowest BCUT2D eigenvalue weighted by atomic mass is 10.0. The van der Waals surface area contributed by atoms with Gasteiger partial charge in [-0.05, 0) is 48.1 Å². The fourth-order valence-electron chi connectivity index (χ4n) is 4.47. The predicted octanol–water partition coefficient (Wildman–Crippen LogP) is 5.65. The second-order valence-electron chi connectivity index (χ2n) is 8.51. The van der Waals surface area contributed by atoms with E-state index in [1.165, 1.54) is 0 Å². The highest BCUT2D eigenvalue weighted by Crippen LogP contribution is 2.42. The van der Waals surface area contributed by atoms with Gasteiger partial charge in [-0.15, -0.1) is 11.3 Å². The van der Waals surface area contributed by atoms with Crippen molar-refractivity contribution in [2.24, 2.45) is 0 Å². The first-order valence-electron chi connectivity index (χ1n) is 11.5. The van der Waals surface area contributed by atoms with Gasteiger partial charge in [0.25, 0.3) is 0 Å². The van der Waals surface area contributed by atoms with E-state index in [1.54, 1.807) is 28.4 Å². The van der Waals surface area contributed by atoms with Gasteiger partial charge in [0.1, 0.15) is 23.4 Å². The van der Waals surface area contributed by atoms with E-state index < -0.39 is 0 Å². The highest BCUT2D eigenvalue weighted by molar-refractivity contribution is 7.18. The third-order valence-electron chi connectivity index (χ3n) is 6.26. The van der Waals surface area contributed by atoms with Crippen LogP contribution in [0, 0.1) is 0 Å². The Labute approximate surface area is 206 Å². The van der Waals surface area contributed by atoms with Gasteiger partial charge >= 0.3 is 0 Å². The summed E-state index contributed by atoms with van der Waals surface area (Å²) in [5.74, 6) is 2.07. The number of carbonyl (C=O) groups is 1. The molecule has 3 aromatic heterocycles. The summed E-state index contributed by atoms with van der Waals surface area (Å²) in [5, 5.41) is 10.4. The number of hydrogen-bond acceptors (Lipinski definition) is 6. The van der Waals surface area contributed by atoms with Crippen molar-refractivity contribution < 1.29 is 9.53 Å². The number of hydrogen-bond donors (Lipinski definition) is 2. The van der Waals surface area contributed by atoms with Crippen LogP contribution in [0.1, 0.15) is 18.9 Å². The van der Waals surface area contributed by atoms with E-state index in [4.69, 9.17) is 10.5 Å². The zero-order chi connectivity index (χ0) is 23.8. The van der Waals surface area contributed by atoms with Crippen LogP contribution in [0.25, 0.3) is 32.3 Å². The minimum absolute atomic E-state index is 0.0181. The lowest BCUT2D eigenvalue weighted by molar-refractivity contribution is -0.126. The van der Waals surface area contributed by atoms with Crippen LogP contribution in [0.4, 0.5) is 5.82 Å². The second kappa shape index (κ2) is 8.88. The van der Waals surface area contributed by atoms with Gasteiger partial charge in [-0.25, -0.2) is 4.98 Å². The molecule has 1 amide bonds. The molecule has 7 nitrogen and oxygen atoms in total. The fourth-order valence-corrected chi connectivity index (χ4v) is 5.59. The monoisotopic (exact) mass is 481 g/mol. The lowest BCUT2D eigenvalue weighted by Gasteiger charge is -2.21. The number of piperidine rings is 1. The number of anilines is 1. The van der Waals surface area contributed by atoms with Gasteiger partial charge in [-0.1, -0.05) is 30.3 Å². The van der Waals surface area contributed by atoms with E-state index in [9.17, 15) is 4.79 Å². The molecule has 174 valence electrons. The number of nitrogens with two attached hydrogens (primary N) is 1. The number of nitrogens with zero attached hydrogens (tertiary/aromatic N) is 3. The largest absolute Gasteiger partial charge is 0.457 e. The molecule has 1 fully saturated rings. The number of pyridine rings is 1. The quantitative estimate of drug-likeness (QED) is 0.338. The number of benzene rings is 2. The van der Waals surface area contributed by atoms with Crippen LogP contribution in [0.3, 0.4) is 0 Å². The van der Waals surface area contributed by atoms with Crippen molar-refractivity contribution in [1.29, 1.82) is 0 Å². The van der Waals surface area contributed by atoms with Crippen molar-refractivity contribution in [1.82, 2.24) is 20.1 Å². The van der Waals surface area contributed by atoms with Gasteiger partial charge in [-0.3, -0.25) is 9.48 Å². The molecule has 0 aliphatic carbocycles. The van der Waals surface area contributed by atoms with Crippen molar-refractivity contribution in [2.45, 2.75) is 18.9 Å². The number of thiophene rings is 1. The molecule has 1 atom stereocenters. The van der Waals surface area contributed by atoms with Gasteiger partial charge < -0.3 is 15.8 Å². The van der Waals surface area contributed by atoms with E-state index >= 15 is 0 Å². The average Bonchev–Trinajstić information content (AvgIpc) is 3.55. The summed E-state index contributed by atoms with van der Waals surface area (Å²) in [5.41, 5.74) is 10.3. The maximum absolute atomic E-state index is 12.3. The summed E-state index contributed by atoms with van der Waals surface area (Å²) in [6.45, 7) is 0.725. The smallest absolute Gasteiger partial charge is 0.244 e.